The monoisotopic (exact) mass is 436 g/mol. The highest BCUT2D eigenvalue weighted by molar-refractivity contribution is 9.10. The number of anilines is 2. The number of halogens is 2. The van der Waals surface area contributed by atoms with Crippen LogP contribution in [0, 0.1) is 0 Å². The van der Waals surface area contributed by atoms with Gasteiger partial charge >= 0.3 is 6.03 Å². The largest absolute Gasteiger partial charge is 0.351 e. The standard InChI is InChI=1S/C14H10Br2N6O/c15-8-5-6-11(9(7-8)13-18-20-21-19-13)22(14(17)23)12-4-2-1-3-10(12)16/h1-7H,(H2,17,23)(H,18,19,20,21). The van der Waals surface area contributed by atoms with Crippen LogP contribution in [0.25, 0.3) is 11.4 Å². The lowest BCUT2D eigenvalue weighted by Gasteiger charge is -2.24. The van der Waals surface area contributed by atoms with Crippen molar-refractivity contribution in [1.29, 1.82) is 0 Å². The van der Waals surface area contributed by atoms with Gasteiger partial charge in [-0.25, -0.2) is 9.89 Å². The molecule has 0 unspecified atom stereocenters. The number of rotatable bonds is 3. The fraction of sp³-hybridized carbons (Fsp3) is 0. The Labute approximate surface area is 148 Å². The molecule has 0 aliphatic rings. The molecule has 116 valence electrons. The minimum Gasteiger partial charge on any atom is -0.351 e. The molecule has 0 bridgehead atoms. The Morgan fingerprint density at radius 2 is 1.91 bits per heavy atom. The van der Waals surface area contributed by atoms with Gasteiger partial charge in [-0.3, -0.25) is 4.90 Å². The van der Waals surface area contributed by atoms with Crippen molar-refractivity contribution in [2.24, 2.45) is 5.73 Å². The van der Waals surface area contributed by atoms with Crippen molar-refractivity contribution in [1.82, 2.24) is 20.6 Å². The number of nitrogens with one attached hydrogen (secondary N) is 1. The Bertz CT molecular complexity index is 852. The van der Waals surface area contributed by atoms with E-state index in [1.54, 1.807) is 12.1 Å². The Hall–Kier alpha value is -2.26. The zero-order chi connectivity index (χ0) is 16.4. The molecule has 0 saturated heterocycles. The first-order valence-corrected chi connectivity index (χ1v) is 8.04. The molecule has 3 N–H and O–H groups in total. The van der Waals surface area contributed by atoms with E-state index in [-0.39, 0.29) is 0 Å². The number of carbonyl (C=O) groups is 1. The molecule has 9 heteroatoms. The van der Waals surface area contributed by atoms with Crippen LogP contribution in [0.4, 0.5) is 16.2 Å². The summed E-state index contributed by atoms with van der Waals surface area (Å²) in [4.78, 5) is 13.5. The van der Waals surface area contributed by atoms with E-state index in [2.05, 4.69) is 52.5 Å². The number of primary amides is 1. The van der Waals surface area contributed by atoms with Crippen LogP contribution in [0.3, 0.4) is 0 Å². The SMILES string of the molecule is NC(=O)N(c1ccccc1Br)c1ccc(Br)cc1-c1nnn[nH]1. The summed E-state index contributed by atoms with van der Waals surface area (Å²) in [6.07, 6.45) is 0. The number of tetrazole rings is 1. The minimum absolute atomic E-state index is 0.430. The Balaban J connectivity index is 2.23. The third-order valence-corrected chi connectivity index (χ3v) is 4.28. The van der Waals surface area contributed by atoms with Gasteiger partial charge in [-0.2, -0.15) is 0 Å². The van der Waals surface area contributed by atoms with Gasteiger partial charge in [0.25, 0.3) is 0 Å². The first-order chi connectivity index (χ1) is 11.1. The van der Waals surface area contributed by atoms with Crippen molar-refractivity contribution in [3.63, 3.8) is 0 Å². The van der Waals surface area contributed by atoms with Crippen LogP contribution in [0.2, 0.25) is 0 Å². The van der Waals surface area contributed by atoms with Crippen LogP contribution in [0.15, 0.2) is 51.4 Å². The maximum Gasteiger partial charge on any atom is 0.323 e. The number of hydrogen-bond acceptors (Lipinski definition) is 4. The predicted octanol–water partition coefficient (Wildman–Crippen LogP) is 3.61. The average Bonchev–Trinajstić information content (AvgIpc) is 3.04. The highest BCUT2D eigenvalue weighted by Crippen LogP contribution is 2.38. The number of nitrogens with two attached hydrogens (primary N) is 1. The molecule has 2 aromatic carbocycles. The van der Waals surface area contributed by atoms with Gasteiger partial charge in [-0.05, 0) is 56.7 Å². The van der Waals surface area contributed by atoms with E-state index in [4.69, 9.17) is 5.73 Å². The number of aromatic nitrogens is 4. The van der Waals surface area contributed by atoms with Gasteiger partial charge in [-0.15, -0.1) is 5.10 Å². The summed E-state index contributed by atoms with van der Waals surface area (Å²) in [5.41, 5.74) is 7.44. The number of nitrogens with zero attached hydrogens (tertiary/aromatic N) is 4. The maximum atomic E-state index is 12.1. The third kappa shape index (κ3) is 3.10. The molecule has 7 nitrogen and oxygen atoms in total. The van der Waals surface area contributed by atoms with Gasteiger partial charge in [0.1, 0.15) is 0 Å². The van der Waals surface area contributed by atoms with E-state index in [9.17, 15) is 4.79 Å². The summed E-state index contributed by atoms with van der Waals surface area (Å²) in [6.45, 7) is 0. The minimum atomic E-state index is -0.618. The van der Waals surface area contributed by atoms with Crippen LogP contribution < -0.4 is 10.6 Å². The molecule has 0 aliphatic carbocycles. The van der Waals surface area contributed by atoms with E-state index in [0.29, 0.717) is 22.8 Å². The summed E-state index contributed by atoms with van der Waals surface area (Å²) in [7, 11) is 0. The van der Waals surface area contributed by atoms with Crippen molar-refractivity contribution >= 4 is 49.3 Å². The molecule has 0 saturated carbocycles. The highest BCUT2D eigenvalue weighted by Gasteiger charge is 2.22. The maximum absolute atomic E-state index is 12.1. The van der Waals surface area contributed by atoms with E-state index in [1.165, 1.54) is 4.90 Å². The highest BCUT2D eigenvalue weighted by atomic mass is 79.9. The molecular weight excluding hydrogens is 428 g/mol. The molecule has 3 aromatic rings. The zero-order valence-electron chi connectivity index (χ0n) is 11.6. The molecule has 3 rings (SSSR count). The molecule has 0 atom stereocenters. The Kier molecular flexibility index (Phi) is 4.39. The fourth-order valence-electron chi connectivity index (χ4n) is 2.17. The first kappa shape index (κ1) is 15.6. The van der Waals surface area contributed by atoms with Crippen molar-refractivity contribution in [2.75, 3.05) is 4.90 Å². The number of amides is 2. The molecule has 0 spiro atoms. The van der Waals surface area contributed by atoms with E-state index < -0.39 is 6.03 Å². The molecule has 1 heterocycles. The number of aromatic amines is 1. The Morgan fingerprint density at radius 1 is 1.13 bits per heavy atom. The number of hydrogen-bond donors (Lipinski definition) is 2. The van der Waals surface area contributed by atoms with Gasteiger partial charge in [0, 0.05) is 14.5 Å². The molecule has 0 aliphatic heterocycles. The second-order valence-electron chi connectivity index (χ2n) is 4.54. The van der Waals surface area contributed by atoms with Crippen molar-refractivity contribution in [2.45, 2.75) is 0 Å². The van der Waals surface area contributed by atoms with Crippen molar-refractivity contribution in [3.05, 3.63) is 51.4 Å². The molecule has 0 radical (unpaired) electrons. The number of para-hydroxylation sites is 1. The van der Waals surface area contributed by atoms with Crippen LogP contribution in [0.1, 0.15) is 0 Å². The van der Waals surface area contributed by atoms with Gasteiger partial charge in [-0.1, -0.05) is 28.1 Å². The second-order valence-corrected chi connectivity index (χ2v) is 6.31. The summed E-state index contributed by atoms with van der Waals surface area (Å²) in [5, 5.41) is 13.8. The average molecular weight is 438 g/mol. The van der Waals surface area contributed by atoms with Gasteiger partial charge in [0.2, 0.25) is 0 Å². The summed E-state index contributed by atoms with van der Waals surface area (Å²) < 4.78 is 1.56. The lowest BCUT2D eigenvalue weighted by atomic mass is 10.1. The van der Waals surface area contributed by atoms with Crippen molar-refractivity contribution in [3.8, 4) is 11.4 Å². The van der Waals surface area contributed by atoms with Crippen molar-refractivity contribution < 1.29 is 4.79 Å². The number of H-pyrrole nitrogens is 1. The van der Waals surface area contributed by atoms with Crippen LogP contribution in [0.5, 0.6) is 0 Å². The van der Waals surface area contributed by atoms with Gasteiger partial charge < -0.3 is 5.73 Å². The number of carbonyl (C=O) groups excluding carboxylic acids is 1. The summed E-state index contributed by atoms with van der Waals surface area (Å²) in [5.74, 6) is 0.430. The second kappa shape index (κ2) is 6.47. The smallest absolute Gasteiger partial charge is 0.323 e. The molecule has 0 fully saturated rings. The summed E-state index contributed by atoms with van der Waals surface area (Å²) >= 11 is 6.86. The predicted molar refractivity (Wildman–Crippen MR) is 93.2 cm³/mol. The van der Waals surface area contributed by atoms with E-state index in [0.717, 1.165) is 8.95 Å². The molecule has 23 heavy (non-hydrogen) atoms. The quantitative estimate of drug-likeness (QED) is 0.653. The van der Waals surface area contributed by atoms with Gasteiger partial charge in [0.15, 0.2) is 5.82 Å². The third-order valence-electron chi connectivity index (χ3n) is 3.11. The van der Waals surface area contributed by atoms with E-state index in [1.807, 2.05) is 30.3 Å². The molecule has 1 aromatic heterocycles. The number of benzene rings is 2. The zero-order valence-corrected chi connectivity index (χ0v) is 14.7. The molecular formula is C14H10Br2N6O. The van der Waals surface area contributed by atoms with E-state index >= 15 is 0 Å². The fourth-order valence-corrected chi connectivity index (χ4v) is 2.99. The lowest BCUT2D eigenvalue weighted by Crippen LogP contribution is -2.32. The normalized spacial score (nSPS) is 10.5. The first-order valence-electron chi connectivity index (χ1n) is 6.45. The number of urea groups is 1. The van der Waals surface area contributed by atoms with Crippen LogP contribution in [-0.2, 0) is 0 Å². The summed E-state index contributed by atoms with van der Waals surface area (Å²) in [6, 6.07) is 12.1. The lowest BCUT2D eigenvalue weighted by molar-refractivity contribution is 0.256. The topological polar surface area (TPSA) is 101 Å². The molecule has 2 amide bonds. The van der Waals surface area contributed by atoms with Gasteiger partial charge in [0.05, 0.1) is 11.4 Å². The Morgan fingerprint density at radius 3 is 2.57 bits per heavy atom. The van der Waals surface area contributed by atoms with Crippen LogP contribution in [-0.4, -0.2) is 26.7 Å². The van der Waals surface area contributed by atoms with Crippen LogP contribution >= 0.6 is 31.9 Å².